The number of nitrogens with zero attached hydrogens (tertiary/aromatic N) is 2. The number of aromatic nitrogens is 1. The number of alkyl halides is 1. The van der Waals surface area contributed by atoms with Gasteiger partial charge in [0, 0.05) is 19.2 Å². The fourth-order valence-corrected chi connectivity index (χ4v) is 1.79. The van der Waals surface area contributed by atoms with Gasteiger partial charge in [0.15, 0.2) is 0 Å². The molecule has 1 aromatic rings. The van der Waals surface area contributed by atoms with E-state index in [4.69, 9.17) is 17.3 Å². The Balaban J connectivity index is 2.32. The van der Waals surface area contributed by atoms with Gasteiger partial charge >= 0.3 is 0 Å². The molecule has 2 N–H and O–H groups in total. The van der Waals surface area contributed by atoms with E-state index in [1.807, 2.05) is 0 Å². The summed E-state index contributed by atoms with van der Waals surface area (Å²) in [5.41, 5.74) is 6.94. The number of pyridine rings is 1. The lowest BCUT2D eigenvalue weighted by molar-refractivity contribution is -0.117. The van der Waals surface area contributed by atoms with Crippen LogP contribution in [0.15, 0.2) is 18.5 Å². The van der Waals surface area contributed by atoms with Crippen molar-refractivity contribution >= 4 is 28.9 Å². The molecule has 2 heterocycles. The van der Waals surface area contributed by atoms with Crippen molar-refractivity contribution in [1.29, 1.82) is 0 Å². The van der Waals surface area contributed by atoms with Crippen LogP contribution < -0.4 is 10.6 Å². The van der Waals surface area contributed by atoms with Gasteiger partial charge in [0.25, 0.3) is 0 Å². The summed E-state index contributed by atoms with van der Waals surface area (Å²) in [7, 11) is 0. The Morgan fingerprint density at radius 3 is 3.00 bits per heavy atom. The van der Waals surface area contributed by atoms with Gasteiger partial charge in [-0.25, -0.2) is 0 Å². The van der Waals surface area contributed by atoms with Crippen molar-refractivity contribution in [2.24, 2.45) is 0 Å². The fourth-order valence-electron chi connectivity index (χ4n) is 1.52. The molecule has 0 aromatic carbocycles. The summed E-state index contributed by atoms with van der Waals surface area (Å²) in [5.74, 6) is 0.00435. The molecule has 74 valence electrons. The van der Waals surface area contributed by atoms with Gasteiger partial charge in [-0.1, -0.05) is 0 Å². The Morgan fingerprint density at radius 1 is 1.64 bits per heavy atom. The van der Waals surface area contributed by atoms with E-state index in [1.165, 1.54) is 0 Å². The number of carbonyl (C=O) groups excluding carboxylic acids is 1. The summed E-state index contributed by atoms with van der Waals surface area (Å²) in [5, 5.41) is -0.123. The zero-order valence-electron chi connectivity index (χ0n) is 7.48. The van der Waals surface area contributed by atoms with Crippen molar-refractivity contribution in [2.75, 3.05) is 17.2 Å². The van der Waals surface area contributed by atoms with Crippen LogP contribution in [0, 0.1) is 0 Å². The molecule has 0 aliphatic carbocycles. The number of carbonyl (C=O) groups is 1. The number of nitrogens with two attached hydrogens (primary N) is 1. The second-order valence-electron chi connectivity index (χ2n) is 3.24. The maximum absolute atomic E-state index is 11.5. The third-order valence-electron chi connectivity index (χ3n) is 2.20. The predicted molar refractivity (Wildman–Crippen MR) is 55.3 cm³/mol. The lowest BCUT2D eigenvalue weighted by atomic mass is 10.3. The van der Waals surface area contributed by atoms with Gasteiger partial charge in [-0.05, 0) is 6.07 Å². The zero-order valence-corrected chi connectivity index (χ0v) is 8.24. The molecular formula is C9H10ClN3O. The smallest absolute Gasteiger partial charge is 0.228 e. The molecular weight excluding hydrogens is 202 g/mol. The number of hydrogen-bond acceptors (Lipinski definition) is 3. The Hall–Kier alpha value is -1.29. The second kappa shape index (κ2) is 3.46. The Labute approximate surface area is 86.7 Å². The van der Waals surface area contributed by atoms with Crippen LogP contribution in [0.1, 0.15) is 6.42 Å². The van der Waals surface area contributed by atoms with Crippen LogP contribution in [-0.2, 0) is 4.79 Å². The summed E-state index contributed by atoms with van der Waals surface area (Å²) < 4.78 is 0. The topological polar surface area (TPSA) is 59.2 Å². The van der Waals surface area contributed by atoms with Crippen molar-refractivity contribution < 1.29 is 4.79 Å². The van der Waals surface area contributed by atoms with Crippen molar-refractivity contribution in [3.63, 3.8) is 0 Å². The molecule has 1 aromatic heterocycles. The Bertz CT molecular complexity index is 369. The number of anilines is 2. The van der Waals surface area contributed by atoms with E-state index in [1.54, 1.807) is 23.4 Å². The molecule has 1 aliphatic heterocycles. The molecule has 5 heteroatoms. The van der Waals surface area contributed by atoms with Crippen molar-refractivity contribution in [3.05, 3.63) is 18.5 Å². The van der Waals surface area contributed by atoms with E-state index in [-0.39, 0.29) is 11.3 Å². The summed E-state index contributed by atoms with van der Waals surface area (Å²) in [4.78, 5) is 17.0. The SMILES string of the molecule is Nc1ccncc1N1CC(Cl)CC1=O. The van der Waals surface area contributed by atoms with Crippen LogP contribution in [0.5, 0.6) is 0 Å². The van der Waals surface area contributed by atoms with E-state index in [2.05, 4.69) is 4.98 Å². The number of amides is 1. The van der Waals surface area contributed by atoms with Gasteiger partial charge in [0.1, 0.15) is 0 Å². The molecule has 1 amide bonds. The maximum atomic E-state index is 11.5. The van der Waals surface area contributed by atoms with E-state index in [0.717, 1.165) is 0 Å². The number of hydrogen-bond donors (Lipinski definition) is 1. The Kier molecular flexibility index (Phi) is 2.29. The highest BCUT2D eigenvalue weighted by molar-refractivity contribution is 6.24. The largest absolute Gasteiger partial charge is 0.397 e. The first-order chi connectivity index (χ1) is 6.68. The van der Waals surface area contributed by atoms with Gasteiger partial charge < -0.3 is 10.6 Å². The average molecular weight is 212 g/mol. The van der Waals surface area contributed by atoms with Crippen molar-refractivity contribution in [1.82, 2.24) is 4.98 Å². The second-order valence-corrected chi connectivity index (χ2v) is 3.86. The third kappa shape index (κ3) is 1.53. The molecule has 1 aliphatic rings. The first-order valence-corrected chi connectivity index (χ1v) is 4.76. The first-order valence-electron chi connectivity index (χ1n) is 4.32. The van der Waals surface area contributed by atoms with E-state index in [9.17, 15) is 4.79 Å². The molecule has 1 atom stereocenters. The molecule has 0 spiro atoms. The molecule has 1 fully saturated rings. The van der Waals surface area contributed by atoms with Gasteiger partial charge in [-0.3, -0.25) is 9.78 Å². The van der Waals surface area contributed by atoms with Gasteiger partial charge in [-0.2, -0.15) is 0 Å². The first kappa shape index (κ1) is 9.27. The summed E-state index contributed by atoms with van der Waals surface area (Å²) >= 11 is 5.88. The normalized spacial score (nSPS) is 21.6. The van der Waals surface area contributed by atoms with Crippen LogP contribution in [0.3, 0.4) is 0 Å². The van der Waals surface area contributed by atoms with Gasteiger partial charge in [0.2, 0.25) is 5.91 Å². The highest BCUT2D eigenvalue weighted by atomic mass is 35.5. The fraction of sp³-hybridized carbons (Fsp3) is 0.333. The highest BCUT2D eigenvalue weighted by Crippen LogP contribution is 2.27. The van der Waals surface area contributed by atoms with E-state index in [0.29, 0.717) is 24.3 Å². The summed E-state index contributed by atoms with van der Waals surface area (Å²) in [6.45, 7) is 0.510. The number of rotatable bonds is 1. The molecule has 0 bridgehead atoms. The summed E-state index contributed by atoms with van der Waals surface area (Å²) in [6, 6.07) is 1.67. The maximum Gasteiger partial charge on any atom is 0.228 e. The van der Waals surface area contributed by atoms with Crippen LogP contribution in [0.2, 0.25) is 0 Å². The van der Waals surface area contributed by atoms with E-state index < -0.39 is 0 Å². The van der Waals surface area contributed by atoms with Crippen molar-refractivity contribution in [2.45, 2.75) is 11.8 Å². The van der Waals surface area contributed by atoms with Gasteiger partial charge in [-0.15, -0.1) is 11.6 Å². The lowest BCUT2D eigenvalue weighted by Gasteiger charge is -2.16. The van der Waals surface area contributed by atoms with Crippen LogP contribution >= 0.6 is 11.6 Å². The summed E-state index contributed by atoms with van der Waals surface area (Å²) in [6.07, 6.45) is 3.55. The van der Waals surface area contributed by atoms with Crippen molar-refractivity contribution in [3.8, 4) is 0 Å². The number of halogens is 1. The third-order valence-corrected chi connectivity index (χ3v) is 2.49. The highest BCUT2D eigenvalue weighted by Gasteiger charge is 2.30. The predicted octanol–water partition coefficient (Wildman–Crippen LogP) is 1.01. The van der Waals surface area contributed by atoms with Gasteiger partial charge in [0.05, 0.1) is 22.9 Å². The quantitative estimate of drug-likeness (QED) is 0.706. The lowest BCUT2D eigenvalue weighted by Crippen LogP contribution is -2.25. The molecule has 0 radical (unpaired) electrons. The molecule has 14 heavy (non-hydrogen) atoms. The minimum atomic E-state index is -0.123. The average Bonchev–Trinajstić information content (AvgIpc) is 2.46. The minimum Gasteiger partial charge on any atom is -0.397 e. The number of nitrogen functional groups attached to an aromatic ring is 1. The molecule has 4 nitrogen and oxygen atoms in total. The zero-order chi connectivity index (χ0) is 10.1. The van der Waals surface area contributed by atoms with Crippen LogP contribution in [-0.4, -0.2) is 22.8 Å². The molecule has 1 unspecified atom stereocenters. The molecule has 1 saturated heterocycles. The van der Waals surface area contributed by atoms with Crippen LogP contribution in [0.4, 0.5) is 11.4 Å². The minimum absolute atomic E-state index is 0.00435. The van der Waals surface area contributed by atoms with Crippen LogP contribution in [0.25, 0.3) is 0 Å². The Morgan fingerprint density at radius 2 is 2.43 bits per heavy atom. The van der Waals surface area contributed by atoms with E-state index >= 15 is 0 Å². The standard InChI is InChI=1S/C9H10ClN3O/c10-6-3-9(14)13(5-6)8-4-12-2-1-7(8)11/h1-2,4,6H,3,5H2,(H2,11,12). The molecule has 2 rings (SSSR count). The molecule has 0 saturated carbocycles. The monoisotopic (exact) mass is 211 g/mol.